The molecule has 0 aromatic heterocycles. The largest absolute Gasteiger partial charge is 0.464 e. The highest BCUT2D eigenvalue weighted by molar-refractivity contribution is 7.92. The highest BCUT2D eigenvalue weighted by Gasteiger charge is 2.40. The van der Waals surface area contributed by atoms with Crippen molar-refractivity contribution >= 4 is 21.5 Å². The summed E-state index contributed by atoms with van der Waals surface area (Å²) in [5, 5.41) is 12.8. The summed E-state index contributed by atoms with van der Waals surface area (Å²) in [6.45, 7) is 2.76. The van der Waals surface area contributed by atoms with Crippen LogP contribution in [0.15, 0.2) is 29.4 Å². The summed E-state index contributed by atoms with van der Waals surface area (Å²) in [4.78, 5) is 17.4. The minimum absolute atomic E-state index is 0.0433. The molecule has 1 heterocycles. The van der Waals surface area contributed by atoms with E-state index in [1.54, 1.807) is 0 Å². The molecule has 0 saturated carbocycles. The SMILES string of the molecule is CC(C)(C(=O)OCCC1CC(c2ccc(C#CCCO)cc2)=NO1)S(C)(=O)=O. The molecular formula is C20H25NO6S. The van der Waals surface area contributed by atoms with Crippen molar-refractivity contribution in [1.29, 1.82) is 0 Å². The molecule has 0 radical (unpaired) electrons. The van der Waals surface area contributed by atoms with Crippen molar-refractivity contribution in [1.82, 2.24) is 0 Å². The van der Waals surface area contributed by atoms with Crippen LogP contribution in [0.5, 0.6) is 0 Å². The molecule has 152 valence electrons. The fraction of sp³-hybridized carbons (Fsp3) is 0.500. The normalized spacial score (nSPS) is 16.6. The van der Waals surface area contributed by atoms with Crippen LogP contribution in [0.3, 0.4) is 0 Å². The highest BCUT2D eigenvalue weighted by atomic mass is 32.2. The number of rotatable bonds is 7. The Labute approximate surface area is 165 Å². The Bertz CT molecular complexity index is 891. The Morgan fingerprint density at radius 2 is 2.04 bits per heavy atom. The lowest BCUT2D eigenvalue weighted by Crippen LogP contribution is -2.41. The number of carbonyl (C=O) groups excluding carboxylic acids is 1. The van der Waals surface area contributed by atoms with E-state index in [1.807, 2.05) is 24.3 Å². The van der Waals surface area contributed by atoms with E-state index in [0.717, 1.165) is 23.1 Å². The van der Waals surface area contributed by atoms with Crippen molar-refractivity contribution < 1.29 is 27.9 Å². The molecule has 1 aromatic rings. The van der Waals surface area contributed by atoms with Gasteiger partial charge in [0.1, 0.15) is 6.10 Å². The van der Waals surface area contributed by atoms with Crippen molar-refractivity contribution in [3.8, 4) is 11.8 Å². The minimum Gasteiger partial charge on any atom is -0.464 e. The number of aliphatic hydroxyl groups is 1. The van der Waals surface area contributed by atoms with Gasteiger partial charge in [-0.2, -0.15) is 0 Å². The summed E-state index contributed by atoms with van der Waals surface area (Å²) >= 11 is 0. The van der Waals surface area contributed by atoms with E-state index in [2.05, 4.69) is 17.0 Å². The van der Waals surface area contributed by atoms with Gasteiger partial charge in [-0.05, 0) is 31.5 Å². The van der Waals surface area contributed by atoms with Gasteiger partial charge in [-0.1, -0.05) is 29.1 Å². The number of aliphatic hydroxyl groups excluding tert-OH is 1. The molecule has 1 N–H and O–H groups in total. The predicted octanol–water partition coefficient (Wildman–Crippen LogP) is 1.67. The summed E-state index contributed by atoms with van der Waals surface area (Å²) in [5.41, 5.74) is 2.57. The first-order valence-corrected chi connectivity index (χ1v) is 10.8. The molecule has 1 unspecified atom stereocenters. The maximum Gasteiger partial charge on any atom is 0.326 e. The lowest BCUT2D eigenvalue weighted by molar-refractivity contribution is -0.146. The quantitative estimate of drug-likeness (QED) is 0.545. The topological polar surface area (TPSA) is 102 Å². The van der Waals surface area contributed by atoms with Gasteiger partial charge in [0, 0.05) is 31.1 Å². The molecule has 28 heavy (non-hydrogen) atoms. The Kier molecular flexibility index (Phi) is 7.22. The lowest BCUT2D eigenvalue weighted by Gasteiger charge is -2.20. The second-order valence-electron chi connectivity index (χ2n) is 7.03. The standard InChI is InChI=1S/C20H25NO6S/c1-20(2,28(3,24)25)19(23)26-13-11-17-14-18(21-27-17)16-9-7-15(8-10-16)6-4-5-12-22/h7-10,17,22H,5,11-14H2,1-3H3. The van der Waals surface area contributed by atoms with Gasteiger partial charge in [0.05, 0.1) is 18.9 Å². The minimum atomic E-state index is -3.56. The molecule has 1 atom stereocenters. The Morgan fingerprint density at radius 3 is 2.64 bits per heavy atom. The molecule has 7 nitrogen and oxygen atoms in total. The predicted molar refractivity (Wildman–Crippen MR) is 106 cm³/mol. The smallest absolute Gasteiger partial charge is 0.326 e. The molecule has 0 spiro atoms. The molecule has 1 aliphatic rings. The van der Waals surface area contributed by atoms with Crippen LogP contribution in [0, 0.1) is 11.8 Å². The van der Waals surface area contributed by atoms with Gasteiger partial charge < -0.3 is 14.7 Å². The molecule has 2 rings (SSSR count). The number of oxime groups is 1. The molecule has 0 fully saturated rings. The Balaban J connectivity index is 1.82. The highest BCUT2D eigenvalue weighted by Crippen LogP contribution is 2.21. The second kappa shape index (κ2) is 9.22. The van der Waals surface area contributed by atoms with Crippen molar-refractivity contribution in [2.24, 2.45) is 5.16 Å². The zero-order valence-corrected chi connectivity index (χ0v) is 17.1. The van der Waals surface area contributed by atoms with E-state index in [9.17, 15) is 13.2 Å². The number of carbonyl (C=O) groups is 1. The van der Waals surface area contributed by atoms with Crippen LogP contribution in [-0.2, 0) is 24.2 Å². The molecule has 1 aromatic carbocycles. The summed E-state index contributed by atoms with van der Waals surface area (Å²) in [6, 6.07) is 7.57. The maximum atomic E-state index is 12.0. The van der Waals surface area contributed by atoms with Crippen LogP contribution in [0.1, 0.15) is 44.2 Å². The van der Waals surface area contributed by atoms with Crippen LogP contribution < -0.4 is 0 Å². The monoisotopic (exact) mass is 407 g/mol. The molecule has 0 aliphatic carbocycles. The molecule has 0 saturated heterocycles. The summed E-state index contributed by atoms with van der Waals surface area (Å²) in [5.74, 6) is 5.06. The van der Waals surface area contributed by atoms with Crippen molar-refractivity contribution in [2.45, 2.75) is 44.0 Å². The number of nitrogens with zero attached hydrogens (tertiary/aromatic N) is 1. The number of benzene rings is 1. The van der Waals surface area contributed by atoms with E-state index in [-0.39, 0.29) is 19.3 Å². The van der Waals surface area contributed by atoms with Crippen LogP contribution >= 0.6 is 0 Å². The third kappa shape index (κ3) is 5.57. The first-order valence-electron chi connectivity index (χ1n) is 8.95. The van der Waals surface area contributed by atoms with Gasteiger partial charge in [-0.15, -0.1) is 0 Å². The van der Waals surface area contributed by atoms with E-state index >= 15 is 0 Å². The zero-order chi connectivity index (χ0) is 20.8. The average molecular weight is 407 g/mol. The first kappa shape index (κ1) is 21.9. The Morgan fingerprint density at radius 1 is 1.36 bits per heavy atom. The number of hydrogen-bond donors (Lipinski definition) is 1. The van der Waals surface area contributed by atoms with E-state index in [4.69, 9.17) is 14.7 Å². The summed E-state index contributed by atoms with van der Waals surface area (Å²) in [7, 11) is -3.56. The van der Waals surface area contributed by atoms with E-state index in [0.29, 0.717) is 19.3 Å². The summed E-state index contributed by atoms with van der Waals surface area (Å²) in [6.07, 6.45) is 2.22. The lowest BCUT2D eigenvalue weighted by atomic mass is 10.0. The number of sulfone groups is 1. The second-order valence-corrected chi connectivity index (χ2v) is 9.59. The van der Waals surface area contributed by atoms with Crippen molar-refractivity contribution in [2.75, 3.05) is 19.5 Å². The van der Waals surface area contributed by atoms with Gasteiger partial charge in [0.25, 0.3) is 0 Å². The van der Waals surface area contributed by atoms with Crippen molar-refractivity contribution in [3.05, 3.63) is 35.4 Å². The van der Waals surface area contributed by atoms with Gasteiger partial charge in [0.15, 0.2) is 14.6 Å². The van der Waals surface area contributed by atoms with E-state index in [1.165, 1.54) is 13.8 Å². The number of hydrogen-bond acceptors (Lipinski definition) is 7. The number of ether oxygens (including phenoxy) is 1. The molecular weight excluding hydrogens is 382 g/mol. The first-order chi connectivity index (χ1) is 13.1. The number of esters is 1. The third-order valence-corrected chi connectivity index (χ3v) is 6.53. The average Bonchev–Trinajstić information content (AvgIpc) is 3.10. The summed E-state index contributed by atoms with van der Waals surface area (Å²) < 4.78 is 26.8. The van der Waals surface area contributed by atoms with Crippen LogP contribution in [0.25, 0.3) is 0 Å². The van der Waals surface area contributed by atoms with Gasteiger partial charge in [-0.25, -0.2) is 8.42 Å². The van der Waals surface area contributed by atoms with Gasteiger partial charge >= 0.3 is 5.97 Å². The Hall–Kier alpha value is -2.37. The molecule has 0 bridgehead atoms. The van der Waals surface area contributed by atoms with Crippen LogP contribution in [0.4, 0.5) is 0 Å². The molecule has 8 heteroatoms. The fourth-order valence-corrected chi connectivity index (χ4v) is 2.69. The van der Waals surface area contributed by atoms with Crippen LogP contribution in [0.2, 0.25) is 0 Å². The maximum absolute atomic E-state index is 12.0. The van der Waals surface area contributed by atoms with Gasteiger partial charge in [-0.3, -0.25) is 4.79 Å². The van der Waals surface area contributed by atoms with Crippen LogP contribution in [-0.4, -0.2) is 55.5 Å². The molecule has 1 aliphatic heterocycles. The fourth-order valence-electron chi connectivity index (χ4n) is 2.33. The molecule has 0 amide bonds. The van der Waals surface area contributed by atoms with Crippen molar-refractivity contribution in [3.63, 3.8) is 0 Å². The third-order valence-electron chi connectivity index (χ3n) is 4.51. The van der Waals surface area contributed by atoms with Gasteiger partial charge in [0.2, 0.25) is 0 Å². The van der Waals surface area contributed by atoms with E-state index < -0.39 is 20.6 Å². The zero-order valence-electron chi connectivity index (χ0n) is 16.3.